The third-order valence-corrected chi connectivity index (χ3v) is 6.91. The smallest absolute Gasteiger partial charge is 0.408 e. The lowest BCUT2D eigenvalue weighted by Gasteiger charge is -2.34. The fourth-order valence-electron chi connectivity index (χ4n) is 4.26. The number of carbonyl (C=O) groups excluding carboxylic acids is 3. The van der Waals surface area contributed by atoms with Crippen molar-refractivity contribution in [1.82, 2.24) is 10.2 Å². The van der Waals surface area contributed by atoms with Crippen LogP contribution >= 0.6 is 11.8 Å². The van der Waals surface area contributed by atoms with Crippen LogP contribution in [0.25, 0.3) is 6.08 Å². The van der Waals surface area contributed by atoms with E-state index < -0.39 is 23.8 Å². The van der Waals surface area contributed by atoms with Crippen LogP contribution in [0.1, 0.15) is 70.5 Å². The van der Waals surface area contributed by atoms with Gasteiger partial charge in [0.15, 0.2) is 0 Å². The van der Waals surface area contributed by atoms with Crippen molar-refractivity contribution in [3.05, 3.63) is 66.2 Å². The maximum Gasteiger partial charge on any atom is 0.408 e. The highest BCUT2D eigenvalue weighted by Gasteiger charge is 2.36. The van der Waals surface area contributed by atoms with Gasteiger partial charge in [0.1, 0.15) is 23.4 Å². The lowest BCUT2D eigenvalue weighted by Crippen LogP contribution is -2.52. The van der Waals surface area contributed by atoms with Crippen molar-refractivity contribution in [2.75, 3.05) is 31.0 Å². The molecule has 2 aromatic rings. The second-order valence-corrected chi connectivity index (χ2v) is 11.7. The van der Waals surface area contributed by atoms with Crippen LogP contribution in [0.3, 0.4) is 0 Å². The van der Waals surface area contributed by atoms with Crippen molar-refractivity contribution in [2.24, 2.45) is 0 Å². The van der Waals surface area contributed by atoms with Crippen LogP contribution in [0.15, 0.2) is 55.1 Å². The topological polar surface area (TPSA) is 97.0 Å². The van der Waals surface area contributed by atoms with Gasteiger partial charge in [-0.3, -0.25) is 9.59 Å². The van der Waals surface area contributed by atoms with Crippen molar-refractivity contribution in [1.29, 1.82) is 0 Å². The average molecular weight is 584 g/mol. The minimum absolute atomic E-state index is 0.333. The van der Waals surface area contributed by atoms with Crippen LogP contribution in [0.5, 0.6) is 5.75 Å². The molecule has 0 aromatic heterocycles. The van der Waals surface area contributed by atoms with Crippen molar-refractivity contribution < 1.29 is 23.9 Å². The molecular formula is C32H45N3O5S. The number of amides is 3. The number of unbranched alkanes of at least 4 members (excludes halogenated alkanes) is 2. The van der Waals surface area contributed by atoms with E-state index in [2.05, 4.69) is 24.1 Å². The van der Waals surface area contributed by atoms with Gasteiger partial charge in [-0.05, 0) is 87.1 Å². The van der Waals surface area contributed by atoms with Crippen molar-refractivity contribution in [3.63, 3.8) is 0 Å². The van der Waals surface area contributed by atoms with Gasteiger partial charge in [-0.2, -0.15) is 11.8 Å². The monoisotopic (exact) mass is 583 g/mol. The fraction of sp³-hybridized carbons (Fsp3) is 0.469. The van der Waals surface area contributed by atoms with Crippen LogP contribution in [0.2, 0.25) is 0 Å². The van der Waals surface area contributed by atoms with Gasteiger partial charge in [-0.25, -0.2) is 4.79 Å². The molecule has 0 aliphatic rings. The summed E-state index contributed by atoms with van der Waals surface area (Å²) in [6.45, 7) is 11.6. The highest BCUT2D eigenvalue weighted by molar-refractivity contribution is 7.98. The molecule has 0 bridgehead atoms. The molecule has 41 heavy (non-hydrogen) atoms. The minimum atomic E-state index is -0.946. The number of hydrogen-bond acceptors (Lipinski definition) is 6. The average Bonchev–Trinajstić information content (AvgIpc) is 2.94. The predicted molar refractivity (Wildman–Crippen MR) is 168 cm³/mol. The first-order valence-corrected chi connectivity index (χ1v) is 15.4. The summed E-state index contributed by atoms with van der Waals surface area (Å²) in [5.41, 5.74) is 1.34. The predicted octanol–water partition coefficient (Wildman–Crippen LogP) is 6.68. The van der Waals surface area contributed by atoms with E-state index in [4.69, 9.17) is 9.47 Å². The van der Waals surface area contributed by atoms with Gasteiger partial charge in [-0.1, -0.05) is 50.6 Å². The van der Waals surface area contributed by atoms with Gasteiger partial charge >= 0.3 is 6.09 Å². The number of anilines is 1. The van der Waals surface area contributed by atoms with Crippen LogP contribution in [-0.2, 0) is 14.3 Å². The molecule has 2 aromatic carbocycles. The molecule has 0 fully saturated rings. The number of ether oxygens (including phenoxy) is 2. The van der Waals surface area contributed by atoms with E-state index >= 15 is 0 Å². The van der Waals surface area contributed by atoms with E-state index in [1.807, 2.05) is 30.5 Å². The van der Waals surface area contributed by atoms with Gasteiger partial charge in [0.05, 0.1) is 7.11 Å². The highest BCUT2D eigenvalue weighted by atomic mass is 32.2. The Morgan fingerprint density at radius 3 is 2.39 bits per heavy atom. The molecule has 0 saturated carbocycles. The molecule has 8 nitrogen and oxygen atoms in total. The van der Waals surface area contributed by atoms with Crippen LogP contribution in [0.4, 0.5) is 10.5 Å². The number of rotatable bonds is 15. The number of methoxy groups -OCH3 is 1. The molecule has 3 amide bonds. The first kappa shape index (κ1) is 33.7. The number of nitrogens with zero attached hydrogens (tertiary/aromatic N) is 1. The Bertz CT molecular complexity index is 1150. The zero-order chi connectivity index (χ0) is 30.4. The number of nitrogens with one attached hydrogen (secondary N) is 2. The van der Waals surface area contributed by atoms with E-state index in [0.717, 1.165) is 18.4 Å². The number of benzene rings is 2. The molecule has 0 heterocycles. The Labute approximate surface area is 249 Å². The van der Waals surface area contributed by atoms with E-state index in [1.54, 1.807) is 74.9 Å². The second kappa shape index (κ2) is 16.7. The molecule has 0 aliphatic heterocycles. The summed E-state index contributed by atoms with van der Waals surface area (Å²) in [5.74, 6) is 0.616. The van der Waals surface area contributed by atoms with Gasteiger partial charge in [0.25, 0.3) is 5.91 Å². The Balaban J connectivity index is 2.54. The Hall–Kier alpha value is -3.46. The number of thioether (sulfide) groups is 1. The third-order valence-electron chi connectivity index (χ3n) is 6.27. The number of alkyl carbamates (subject to hydrolysis) is 1. The van der Waals surface area contributed by atoms with E-state index in [0.29, 0.717) is 42.1 Å². The maximum atomic E-state index is 14.3. The van der Waals surface area contributed by atoms with Crippen LogP contribution in [0, 0.1) is 0 Å². The van der Waals surface area contributed by atoms with Crippen molar-refractivity contribution in [3.8, 4) is 5.75 Å². The molecule has 2 rings (SSSR count). The van der Waals surface area contributed by atoms with Crippen LogP contribution in [-0.4, -0.2) is 60.1 Å². The normalized spacial score (nSPS) is 12.5. The summed E-state index contributed by atoms with van der Waals surface area (Å²) in [4.78, 5) is 42.7. The van der Waals surface area contributed by atoms with Crippen molar-refractivity contribution >= 4 is 41.4 Å². The summed E-state index contributed by atoms with van der Waals surface area (Å²) >= 11 is 1.58. The summed E-state index contributed by atoms with van der Waals surface area (Å²) in [6.07, 6.45) is 5.91. The maximum absolute atomic E-state index is 14.3. The molecule has 2 unspecified atom stereocenters. The molecular weight excluding hydrogens is 538 g/mol. The van der Waals surface area contributed by atoms with E-state index in [1.165, 1.54) is 0 Å². The number of carbonyl (C=O) groups is 3. The largest absolute Gasteiger partial charge is 0.497 e. The zero-order valence-electron chi connectivity index (χ0n) is 25.2. The molecule has 224 valence electrons. The van der Waals surface area contributed by atoms with Gasteiger partial charge in [0.2, 0.25) is 5.91 Å². The summed E-state index contributed by atoms with van der Waals surface area (Å²) in [6, 6.07) is 12.7. The zero-order valence-corrected chi connectivity index (χ0v) is 26.0. The highest BCUT2D eigenvalue weighted by Crippen LogP contribution is 2.27. The van der Waals surface area contributed by atoms with Gasteiger partial charge in [0, 0.05) is 12.2 Å². The van der Waals surface area contributed by atoms with E-state index in [9.17, 15) is 14.4 Å². The Morgan fingerprint density at radius 1 is 1.10 bits per heavy atom. The Kier molecular flexibility index (Phi) is 13.8. The summed E-state index contributed by atoms with van der Waals surface area (Å²) in [5, 5.41) is 5.76. The lowest BCUT2D eigenvalue weighted by molar-refractivity contribution is -0.141. The molecule has 9 heteroatoms. The number of hydrogen-bond donors (Lipinski definition) is 2. The third kappa shape index (κ3) is 11.1. The molecule has 0 saturated heterocycles. The molecule has 2 atom stereocenters. The van der Waals surface area contributed by atoms with Gasteiger partial charge < -0.3 is 25.0 Å². The van der Waals surface area contributed by atoms with E-state index in [-0.39, 0.29) is 11.8 Å². The lowest BCUT2D eigenvalue weighted by atomic mass is 9.99. The standard InChI is InChI=1S/C32H45N3O5S/c1-8-10-11-20-35(30(37)27(19-21-41-7)34-31(38)40-32(3,4)5)28(24-14-12-13-23(9-2)22-24)29(36)33-25-15-17-26(39-6)18-16-25/h9,12-18,22,27-28H,2,8,10-11,19-21H2,1,3-7H3,(H,33,36)(H,34,38). The molecule has 0 aliphatic carbocycles. The first-order valence-electron chi connectivity index (χ1n) is 14.0. The summed E-state index contributed by atoms with van der Waals surface area (Å²) in [7, 11) is 1.58. The van der Waals surface area contributed by atoms with Gasteiger partial charge in [-0.15, -0.1) is 0 Å². The van der Waals surface area contributed by atoms with Crippen molar-refractivity contribution in [2.45, 2.75) is 71.1 Å². The fourth-order valence-corrected chi connectivity index (χ4v) is 4.73. The second-order valence-electron chi connectivity index (χ2n) is 10.7. The molecule has 2 N–H and O–H groups in total. The quantitative estimate of drug-likeness (QED) is 0.227. The SMILES string of the molecule is C=Cc1cccc(C(C(=O)Nc2ccc(OC)cc2)N(CCCCC)C(=O)C(CCSC)NC(=O)OC(C)(C)C)c1. The first-order chi connectivity index (χ1) is 19.5. The molecule has 0 spiro atoms. The molecule has 0 radical (unpaired) electrons. The summed E-state index contributed by atoms with van der Waals surface area (Å²) < 4.78 is 10.7. The minimum Gasteiger partial charge on any atom is -0.497 e. The van der Waals surface area contributed by atoms with Crippen LogP contribution < -0.4 is 15.4 Å². The Morgan fingerprint density at radius 2 is 1.80 bits per heavy atom.